The van der Waals surface area contributed by atoms with E-state index in [1.54, 1.807) is 10.9 Å². The number of nitrogens with zero attached hydrogens (tertiary/aromatic N) is 4. The van der Waals surface area contributed by atoms with Crippen molar-refractivity contribution in [2.75, 3.05) is 18.0 Å². The maximum absolute atomic E-state index is 12.1. The lowest BCUT2D eigenvalue weighted by atomic mass is 10.2. The molecule has 2 N–H and O–H groups in total. The largest absolute Gasteiger partial charge is 0.366 e. The van der Waals surface area contributed by atoms with Crippen molar-refractivity contribution in [1.82, 2.24) is 25.4 Å². The van der Waals surface area contributed by atoms with Crippen molar-refractivity contribution in [3.05, 3.63) is 42.0 Å². The summed E-state index contributed by atoms with van der Waals surface area (Å²) in [5, 5.41) is 13.7. The number of nitrogens with one attached hydrogen (secondary N) is 2. The summed E-state index contributed by atoms with van der Waals surface area (Å²) < 4.78 is 1.80. The Balaban J connectivity index is 1.51. The van der Waals surface area contributed by atoms with Crippen molar-refractivity contribution in [2.24, 2.45) is 7.05 Å². The molecule has 0 radical (unpaired) electrons. The molecule has 0 spiro atoms. The number of carbonyl (C=O) groups excluding carboxylic acids is 1. The molecule has 0 unspecified atom stereocenters. The van der Waals surface area contributed by atoms with Gasteiger partial charge in [0.1, 0.15) is 6.33 Å². The molecular weight excluding hydrogens is 304 g/mol. The number of amides is 2. The van der Waals surface area contributed by atoms with Crippen LogP contribution in [0.5, 0.6) is 0 Å². The molecule has 1 aliphatic rings. The van der Waals surface area contributed by atoms with Gasteiger partial charge in [0.25, 0.3) is 0 Å². The molecule has 2 aromatic rings. The third kappa shape index (κ3) is 3.34. The first-order valence-corrected chi connectivity index (χ1v) is 8.29. The topological polar surface area (TPSA) is 75.1 Å². The van der Waals surface area contributed by atoms with Gasteiger partial charge in [-0.25, -0.2) is 4.79 Å². The van der Waals surface area contributed by atoms with Crippen LogP contribution in [0.2, 0.25) is 0 Å². The monoisotopic (exact) mass is 328 g/mol. The average molecular weight is 328 g/mol. The van der Waals surface area contributed by atoms with E-state index in [4.69, 9.17) is 0 Å². The maximum Gasteiger partial charge on any atom is 0.315 e. The molecule has 2 heterocycles. The zero-order chi connectivity index (χ0) is 17.1. The molecule has 0 aliphatic carbocycles. The lowest BCUT2D eigenvalue weighted by molar-refractivity contribution is 0.236. The van der Waals surface area contributed by atoms with Crippen molar-refractivity contribution in [1.29, 1.82) is 0 Å². The second-order valence-corrected chi connectivity index (χ2v) is 6.30. The molecule has 7 nitrogen and oxygen atoms in total. The van der Waals surface area contributed by atoms with E-state index in [1.165, 1.54) is 11.3 Å². The van der Waals surface area contributed by atoms with E-state index in [0.717, 1.165) is 18.8 Å². The maximum atomic E-state index is 12.1. The first-order valence-electron chi connectivity index (χ1n) is 8.29. The summed E-state index contributed by atoms with van der Waals surface area (Å²) in [6.45, 7) is 5.61. The van der Waals surface area contributed by atoms with Crippen molar-refractivity contribution in [3.63, 3.8) is 0 Å². The first-order chi connectivity index (χ1) is 11.6. The van der Waals surface area contributed by atoms with E-state index in [2.05, 4.69) is 56.9 Å². The molecule has 0 saturated heterocycles. The standard InChI is InChI=1S/C17H24N6O/c1-12(23-9-8-14-6-4-5-7-15(14)23)10-18-17(24)20-13(2)16-21-19-11-22(16)3/h4-7,11-13H,8-10H2,1-3H3,(H2,18,20,24)/t12-,13-/m0/s1. The number of rotatable bonds is 5. The fourth-order valence-corrected chi connectivity index (χ4v) is 3.17. The first kappa shape index (κ1) is 16.3. The molecule has 0 bridgehead atoms. The third-order valence-electron chi connectivity index (χ3n) is 4.49. The molecule has 128 valence electrons. The van der Waals surface area contributed by atoms with Crippen LogP contribution in [0.15, 0.2) is 30.6 Å². The molecule has 2 amide bonds. The van der Waals surface area contributed by atoms with Gasteiger partial charge in [-0.1, -0.05) is 18.2 Å². The van der Waals surface area contributed by atoms with Gasteiger partial charge in [-0.05, 0) is 31.9 Å². The third-order valence-corrected chi connectivity index (χ3v) is 4.49. The molecular formula is C17H24N6O. The van der Waals surface area contributed by atoms with Crippen LogP contribution in [0.3, 0.4) is 0 Å². The summed E-state index contributed by atoms with van der Waals surface area (Å²) in [6.07, 6.45) is 2.69. The number of urea groups is 1. The van der Waals surface area contributed by atoms with Gasteiger partial charge < -0.3 is 20.1 Å². The van der Waals surface area contributed by atoms with Gasteiger partial charge in [-0.2, -0.15) is 0 Å². The van der Waals surface area contributed by atoms with E-state index in [-0.39, 0.29) is 18.1 Å². The second-order valence-electron chi connectivity index (χ2n) is 6.30. The Morgan fingerprint density at radius 2 is 2.12 bits per heavy atom. The van der Waals surface area contributed by atoms with Gasteiger partial charge in [0.05, 0.1) is 6.04 Å². The van der Waals surface area contributed by atoms with E-state index < -0.39 is 0 Å². The van der Waals surface area contributed by atoms with Gasteiger partial charge in [0.2, 0.25) is 0 Å². The molecule has 24 heavy (non-hydrogen) atoms. The van der Waals surface area contributed by atoms with Gasteiger partial charge in [-0.15, -0.1) is 10.2 Å². The van der Waals surface area contributed by atoms with Crippen LogP contribution in [0.25, 0.3) is 0 Å². The summed E-state index contributed by atoms with van der Waals surface area (Å²) >= 11 is 0. The van der Waals surface area contributed by atoms with E-state index in [1.807, 2.05) is 14.0 Å². The number of hydrogen-bond acceptors (Lipinski definition) is 4. The van der Waals surface area contributed by atoms with Crippen LogP contribution in [0.1, 0.15) is 31.3 Å². The van der Waals surface area contributed by atoms with Crippen LogP contribution in [0, 0.1) is 0 Å². The molecule has 0 fully saturated rings. The number of para-hydroxylation sites is 1. The molecule has 2 atom stereocenters. The number of fused-ring (bicyclic) bond motifs is 1. The highest BCUT2D eigenvalue weighted by Crippen LogP contribution is 2.28. The minimum Gasteiger partial charge on any atom is -0.366 e. The van der Waals surface area contributed by atoms with Crippen molar-refractivity contribution in [3.8, 4) is 0 Å². The fourth-order valence-electron chi connectivity index (χ4n) is 3.17. The molecule has 1 aromatic carbocycles. The van der Waals surface area contributed by atoms with Crippen LogP contribution >= 0.6 is 0 Å². The normalized spacial score (nSPS) is 15.7. The second kappa shape index (κ2) is 6.90. The minimum absolute atomic E-state index is 0.190. The lowest BCUT2D eigenvalue weighted by Crippen LogP contribution is -2.45. The summed E-state index contributed by atoms with van der Waals surface area (Å²) in [5.74, 6) is 0.728. The molecule has 1 aliphatic heterocycles. The predicted octanol–water partition coefficient (Wildman–Crippen LogP) is 1.63. The summed E-state index contributed by atoms with van der Waals surface area (Å²) in [6, 6.07) is 8.31. The van der Waals surface area contributed by atoms with E-state index in [9.17, 15) is 4.79 Å². The van der Waals surface area contributed by atoms with Crippen molar-refractivity contribution < 1.29 is 4.79 Å². The fraction of sp³-hybridized carbons (Fsp3) is 0.471. The Morgan fingerprint density at radius 1 is 1.33 bits per heavy atom. The summed E-state index contributed by atoms with van der Waals surface area (Å²) in [4.78, 5) is 14.5. The molecule has 3 rings (SSSR count). The number of aryl methyl sites for hydroxylation is 1. The Bertz CT molecular complexity index is 713. The molecule has 0 saturated carbocycles. The number of aromatic nitrogens is 3. The highest BCUT2D eigenvalue weighted by atomic mass is 16.2. The molecule has 7 heteroatoms. The Morgan fingerprint density at radius 3 is 2.88 bits per heavy atom. The highest BCUT2D eigenvalue weighted by Gasteiger charge is 2.23. The van der Waals surface area contributed by atoms with Crippen LogP contribution in [-0.2, 0) is 13.5 Å². The summed E-state index contributed by atoms with van der Waals surface area (Å²) in [7, 11) is 1.86. The van der Waals surface area contributed by atoms with E-state index >= 15 is 0 Å². The Kier molecular flexibility index (Phi) is 4.69. The van der Waals surface area contributed by atoms with Crippen LogP contribution < -0.4 is 15.5 Å². The highest BCUT2D eigenvalue weighted by molar-refractivity contribution is 5.74. The zero-order valence-electron chi connectivity index (χ0n) is 14.4. The van der Waals surface area contributed by atoms with Crippen LogP contribution in [0.4, 0.5) is 10.5 Å². The van der Waals surface area contributed by atoms with Crippen molar-refractivity contribution in [2.45, 2.75) is 32.4 Å². The number of carbonyl (C=O) groups is 1. The average Bonchev–Trinajstić information content (AvgIpc) is 3.18. The van der Waals surface area contributed by atoms with E-state index in [0.29, 0.717) is 6.54 Å². The molecule has 1 aromatic heterocycles. The quantitative estimate of drug-likeness (QED) is 0.875. The Hall–Kier alpha value is -2.57. The smallest absolute Gasteiger partial charge is 0.315 e. The minimum atomic E-state index is -0.194. The number of anilines is 1. The number of hydrogen-bond donors (Lipinski definition) is 2. The SMILES string of the molecule is C[C@H](NC(=O)NC[C@H](C)N1CCc2ccccc21)c1nncn1C. The Labute approximate surface area is 142 Å². The van der Waals surface area contributed by atoms with Gasteiger partial charge in [0, 0.05) is 31.9 Å². The zero-order valence-corrected chi connectivity index (χ0v) is 14.4. The summed E-state index contributed by atoms with van der Waals surface area (Å²) in [5.41, 5.74) is 2.66. The van der Waals surface area contributed by atoms with Gasteiger partial charge in [-0.3, -0.25) is 0 Å². The lowest BCUT2D eigenvalue weighted by Gasteiger charge is -2.27. The predicted molar refractivity (Wildman–Crippen MR) is 92.9 cm³/mol. The number of benzene rings is 1. The van der Waals surface area contributed by atoms with Gasteiger partial charge in [0.15, 0.2) is 5.82 Å². The van der Waals surface area contributed by atoms with Crippen LogP contribution in [-0.4, -0.2) is 39.9 Å². The van der Waals surface area contributed by atoms with Crippen molar-refractivity contribution >= 4 is 11.7 Å². The van der Waals surface area contributed by atoms with Gasteiger partial charge >= 0.3 is 6.03 Å².